The number of hydrogen-bond acceptors (Lipinski definition) is 6. The zero-order valence-corrected chi connectivity index (χ0v) is 25.8. The van der Waals surface area contributed by atoms with Crippen molar-refractivity contribution in [1.29, 1.82) is 0 Å². The fourth-order valence-corrected chi connectivity index (χ4v) is 6.37. The van der Waals surface area contributed by atoms with Gasteiger partial charge in [0.2, 0.25) is 0 Å². The lowest BCUT2D eigenvalue weighted by Crippen LogP contribution is -2.59. The quantitative estimate of drug-likeness (QED) is 0.234. The van der Waals surface area contributed by atoms with Gasteiger partial charge in [-0.3, -0.25) is 19.1 Å². The number of alkyl halides is 3. The Balaban J connectivity index is 1.38. The van der Waals surface area contributed by atoms with Crippen LogP contribution in [0, 0.1) is 17.2 Å². The lowest BCUT2D eigenvalue weighted by atomic mass is 9.41. The molecule has 7 rings (SSSR count). The number of benzene rings is 1. The SMILES string of the molecule is CC(C)(C)OC(=O)N(c1nc2cc(F)c(C(=O)NC(c3ccc(C(F)(F)F)cn3)C34CC(C3)C4)cc2n2cncc12)C(C)(C)C. The summed E-state index contributed by atoms with van der Waals surface area (Å²) in [6.07, 6.45) is 1.00. The Hall–Kier alpha value is -4.29. The highest BCUT2D eigenvalue weighted by molar-refractivity contribution is 6.00. The summed E-state index contributed by atoms with van der Waals surface area (Å²) in [7, 11) is 0. The average Bonchev–Trinajstić information content (AvgIpc) is 3.34. The molecule has 45 heavy (non-hydrogen) atoms. The van der Waals surface area contributed by atoms with Crippen LogP contribution in [-0.4, -0.2) is 42.5 Å². The minimum atomic E-state index is -4.54. The Kier molecular flexibility index (Phi) is 6.90. The van der Waals surface area contributed by atoms with Crippen molar-refractivity contribution in [2.24, 2.45) is 11.3 Å². The summed E-state index contributed by atoms with van der Waals surface area (Å²) < 4.78 is 62.5. The summed E-state index contributed by atoms with van der Waals surface area (Å²) in [5, 5.41) is 2.88. The van der Waals surface area contributed by atoms with Gasteiger partial charge in [0.05, 0.1) is 46.4 Å². The molecule has 3 heterocycles. The Bertz CT molecular complexity index is 1800. The Labute approximate surface area is 257 Å². The number of carbonyl (C=O) groups excluding carboxylic acids is 2. The largest absolute Gasteiger partial charge is 0.443 e. The van der Waals surface area contributed by atoms with Crippen molar-refractivity contribution in [3.63, 3.8) is 0 Å². The first kappa shape index (κ1) is 30.7. The lowest BCUT2D eigenvalue weighted by molar-refractivity contribution is -0.138. The number of pyridine rings is 1. The number of hydrogen-bond donors (Lipinski definition) is 1. The standard InChI is InChI=1S/C32H34F4N6O3/c1-29(2,3)42(28(44)45-30(4,5)6)26-24-15-37-16-41(24)23-9-19(20(33)10-22(23)39-26)27(43)40-25(31-11-17(12-31)13-31)21-8-7-18(14-38-21)32(34,35)36/h7-10,14-17,25H,11-13H2,1-6H3,(H,40,43). The zero-order valence-electron chi connectivity index (χ0n) is 25.8. The molecule has 3 aliphatic rings. The molecule has 13 heteroatoms. The number of ether oxygens (including phenoxy) is 1. The van der Waals surface area contributed by atoms with E-state index >= 15 is 4.39 Å². The third kappa shape index (κ3) is 5.46. The number of halogens is 4. The fraction of sp³-hybridized carbons (Fsp3) is 0.469. The van der Waals surface area contributed by atoms with E-state index in [0.717, 1.165) is 37.6 Å². The van der Waals surface area contributed by atoms with Crippen LogP contribution >= 0.6 is 0 Å². The molecular weight excluding hydrogens is 592 g/mol. The molecule has 4 aromatic rings. The van der Waals surface area contributed by atoms with Crippen molar-refractivity contribution in [1.82, 2.24) is 24.7 Å². The van der Waals surface area contributed by atoms with Gasteiger partial charge in [-0.2, -0.15) is 13.2 Å². The highest BCUT2D eigenvalue weighted by atomic mass is 19.4. The van der Waals surface area contributed by atoms with Crippen LogP contribution in [0.3, 0.4) is 0 Å². The molecule has 2 bridgehead atoms. The maximum Gasteiger partial charge on any atom is 0.417 e. The van der Waals surface area contributed by atoms with Gasteiger partial charge in [0.15, 0.2) is 5.82 Å². The van der Waals surface area contributed by atoms with E-state index < -0.39 is 46.7 Å². The van der Waals surface area contributed by atoms with E-state index in [9.17, 15) is 22.8 Å². The Morgan fingerprint density at radius 1 is 1.04 bits per heavy atom. The van der Waals surface area contributed by atoms with E-state index in [0.29, 0.717) is 22.6 Å². The maximum absolute atomic E-state index is 15.7. The second-order valence-corrected chi connectivity index (χ2v) is 14.1. The number of rotatable bonds is 5. The Morgan fingerprint density at radius 2 is 1.73 bits per heavy atom. The molecule has 9 nitrogen and oxygen atoms in total. The molecule has 0 aliphatic heterocycles. The molecular formula is C32H34F4N6O3. The number of amides is 2. The number of nitrogens with one attached hydrogen (secondary N) is 1. The second kappa shape index (κ2) is 10.1. The Morgan fingerprint density at radius 3 is 2.27 bits per heavy atom. The third-order valence-electron chi connectivity index (χ3n) is 8.50. The van der Waals surface area contributed by atoms with Crippen molar-refractivity contribution >= 4 is 34.4 Å². The van der Waals surface area contributed by atoms with E-state index in [1.165, 1.54) is 29.6 Å². The van der Waals surface area contributed by atoms with Gasteiger partial charge in [0.25, 0.3) is 5.91 Å². The molecule has 0 radical (unpaired) electrons. The van der Waals surface area contributed by atoms with Crippen LogP contribution < -0.4 is 10.2 Å². The van der Waals surface area contributed by atoms with Crippen molar-refractivity contribution in [2.45, 2.75) is 84.2 Å². The molecule has 0 spiro atoms. The normalized spacial score (nSPS) is 20.4. The van der Waals surface area contributed by atoms with Crippen LogP contribution in [-0.2, 0) is 10.9 Å². The second-order valence-electron chi connectivity index (χ2n) is 14.1. The molecule has 3 aliphatic carbocycles. The fourth-order valence-electron chi connectivity index (χ4n) is 6.37. The van der Waals surface area contributed by atoms with E-state index in [1.807, 2.05) is 20.8 Å². The van der Waals surface area contributed by atoms with Crippen molar-refractivity contribution in [2.75, 3.05) is 4.90 Å². The van der Waals surface area contributed by atoms with Crippen LogP contribution in [0.2, 0.25) is 0 Å². The summed E-state index contributed by atoms with van der Waals surface area (Å²) >= 11 is 0. The van der Waals surface area contributed by atoms with Gasteiger partial charge in [0, 0.05) is 17.8 Å². The summed E-state index contributed by atoms with van der Waals surface area (Å²) in [6.45, 7) is 10.7. The maximum atomic E-state index is 15.7. The predicted molar refractivity (Wildman–Crippen MR) is 158 cm³/mol. The van der Waals surface area contributed by atoms with E-state index in [-0.39, 0.29) is 22.3 Å². The predicted octanol–water partition coefficient (Wildman–Crippen LogP) is 7.25. The minimum absolute atomic E-state index is 0.169. The number of fused-ring (bicyclic) bond motifs is 3. The first-order valence-electron chi connectivity index (χ1n) is 14.7. The zero-order chi connectivity index (χ0) is 32.7. The number of nitrogens with zero attached hydrogens (tertiary/aromatic N) is 5. The van der Waals surface area contributed by atoms with Crippen LogP contribution in [0.5, 0.6) is 0 Å². The minimum Gasteiger partial charge on any atom is -0.443 e. The van der Waals surface area contributed by atoms with Crippen molar-refractivity contribution < 1.29 is 31.9 Å². The van der Waals surface area contributed by atoms with Gasteiger partial charge in [-0.25, -0.2) is 19.2 Å². The van der Waals surface area contributed by atoms with Gasteiger partial charge in [-0.05, 0) is 90.3 Å². The highest BCUT2D eigenvalue weighted by Gasteiger charge is 2.61. The van der Waals surface area contributed by atoms with E-state index in [2.05, 4.69) is 20.3 Å². The number of carbonyl (C=O) groups is 2. The molecule has 1 N–H and O–H groups in total. The van der Waals surface area contributed by atoms with Gasteiger partial charge in [-0.15, -0.1) is 0 Å². The number of imidazole rings is 1. The van der Waals surface area contributed by atoms with Gasteiger partial charge < -0.3 is 10.1 Å². The topological polar surface area (TPSA) is 102 Å². The van der Waals surface area contributed by atoms with Gasteiger partial charge in [0.1, 0.15) is 16.9 Å². The number of aromatic nitrogens is 4. The molecule has 3 saturated carbocycles. The lowest BCUT2D eigenvalue weighted by Gasteiger charge is -2.65. The van der Waals surface area contributed by atoms with Crippen LogP contribution in [0.25, 0.3) is 16.6 Å². The highest BCUT2D eigenvalue weighted by Crippen LogP contribution is 2.69. The first-order valence-corrected chi connectivity index (χ1v) is 14.7. The monoisotopic (exact) mass is 626 g/mol. The smallest absolute Gasteiger partial charge is 0.417 e. The van der Waals surface area contributed by atoms with E-state index in [4.69, 9.17) is 4.74 Å². The molecule has 238 valence electrons. The van der Waals surface area contributed by atoms with Crippen LogP contribution in [0.4, 0.5) is 28.2 Å². The van der Waals surface area contributed by atoms with Crippen LogP contribution in [0.15, 0.2) is 43.0 Å². The molecule has 3 fully saturated rings. The third-order valence-corrected chi connectivity index (χ3v) is 8.50. The summed E-state index contributed by atoms with van der Waals surface area (Å²) in [5.74, 6) is -0.864. The molecule has 1 aromatic carbocycles. The molecule has 1 unspecified atom stereocenters. The average molecular weight is 627 g/mol. The van der Waals surface area contributed by atoms with Crippen LogP contribution in [0.1, 0.15) is 88.5 Å². The van der Waals surface area contributed by atoms with Crippen molar-refractivity contribution in [3.8, 4) is 0 Å². The summed E-state index contributed by atoms with van der Waals surface area (Å²) in [5.41, 5.74) is -1.78. The summed E-state index contributed by atoms with van der Waals surface area (Å²) in [4.78, 5) is 41.4. The van der Waals surface area contributed by atoms with Gasteiger partial charge in [-0.1, -0.05) is 0 Å². The molecule has 2 amide bonds. The van der Waals surface area contributed by atoms with E-state index in [1.54, 1.807) is 25.2 Å². The number of anilines is 1. The summed E-state index contributed by atoms with van der Waals surface area (Å²) in [6, 6.07) is 4.02. The molecule has 3 aromatic heterocycles. The molecule has 0 saturated heterocycles. The molecule has 1 atom stereocenters. The van der Waals surface area contributed by atoms with Gasteiger partial charge >= 0.3 is 12.3 Å². The van der Waals surface area contributed by atoms with Crippen molar-refractivity contribution in [3.05, 3.63) is 65.6 Å². The first-order chi connectivity index (χ1) is 20.9.